The van der Waals surface area contributed by atoms with E-state index in [0.29, 0.717) is 39.0 Å². The number of hydrogen-bond donors (Lipinski definition) is 2. The predicted octanol–water partition coefficient (Wildman–Crippen LogP) is 3.01. The molecule has 1 aromatic carbocycles. The lowest BCUT2D eigenvalue weighted by Crippen LogP contribution is -1.98. The summed E-state index contributed by atoms with van der Waals surface area (Å²) in [5, 5.41) is 19.9. The van der Waals surface area contributed by atoms with Gasteiger partial charge in [0.15, 0.2) is 0 Å². The van der Waals surface area contributed by atoms with E-state index in [1.165, 1.54) is 26.6 Å². The van der Waals surface area contributed by atoms with Crippen molar-refractivity contribution in [2.24, 2.45) is 4.99 Å². The Morgan fingerprint density at radius 3 is 2.57 bits per heavy atom. The van der Waals surface area contributed by atoms with Gasteiger partial charge in [0.2, 0.25) is 0 Å². The first-order valence-corrected chi connectivity index (χ1v) is 7.13. The summed E-state index contributed by atoms with van der Waals surface area (Å²) in [7, 11) is 3.01. The molecule has 7 heteroatoms. The van der Waals surface area contributed by atoms with Crippen LogP contribution in [0, 0.1) is 6.92 Å². The molecule has 0 bridgehead atoms. The first kappa shape index (κ1) is 17.1. The summed E-state index contributed by atoms with van der Waals surface area (Å²) in [5.74, 6) is 0.889. The Kier molecular flexibility index (Phi) is 5.41. The number of ether oxygens (including phenoxy) is 2. The average Bonchev–Trinajstić information content (AvgIpc) is 2.56. The Hall–Kier alpha value is -2.31. The maximum atomic E-state index is 10.1. The molecule has 0 saturated carbocycles. The molecule has 0 saturated heterocycles. The highest BCUT2D eigenvalue weighted by Gasteiger charge is 2.12. The Bertz CT molecular complexity index is 747. The standard InChI is InChI=1S/C16H17ClN2O4/c1-9-16(21)11(10(8-20)6-18-9)7-19-13-5-14(22-2)12(17)4-15(13)23-3/h4-7,20-21H,8H2,1-3H3. The van der Waals surface area contributed by atoms with Crippen LogP contribution in [0.4, 0.5) is 5.69 Å². The summed E-state index contributed by atoms with van der Waals surface area (Å²) >= 11 is 6.05. The van der Waals surface area contributed by atoms with Gasteiger partial charge >= 0.3 is 0 Å². The Balaban J connectivity index is 2.51. The number of aromatic nitrogens is 1. The second-order valence-electron chi connectivity index (χ2n) is 4.71. The zero-order chi connectivity index (χ0) is 17.0. The van der Waals surface area contributed by atoms with Crippen LogP contribution in [0.15, 0.2) is 23.3 Å². The van der Waals surface area contributed by atoms with Gasteiger partial charge in [0.1, 0.15) is 22.9 Å². The van der Waals surface area contributed by atoms with Crippen LogP contribution in [0.2, 0.25) is 5.02 Å². The monoisotopic (exact) mass is 336 g/mol. The number of aliphatic hydroxyl groups excluding tert-OH is 1. The normalized spacial score (nSPS) is 11.0. The third kappa shape index (κ3) is 3.55. The molecule has 0 spiro atoms. The second-order valence-corrected chi connectivity index (χ2v) is 5.11. The molecule has 1 aromatic heterocycles. The molecule has 0 radical (unpaired) electrons. The molecule has 0 atom stereocenters. The summed E-state index contributed by atoms with van der Waals surface area (Å²) in [5.41, 5.74) is 1.79. The van der Waals surface area contributed by atoms with Gasteiger partial charge in [0, 0.05) is 35.7 Å². The van der Waals surface area contributed by atoms with E-state index in [-0.39, 0.29) is 12.4 Å². The summed E-state index contributed by atoms with van der Waals surface area (Å²) in [6.07, 6.45) is 2.94. The van der Waals surface area contributed by atoms with Crippen LogP contribution < -0.4 is 9.47 Å². The molecule has 0 unspecified atom stereocenters. The molecule has 0 amide bonds. The number of methoxy groups -OCH3 is 2. The fraction of sp³-hybridized carbons (Fsp3) is 0.250. The number of aliphatic hydroxyl groups is 1. The van der Waals surface area contributed by atoms with E-state index in [1.807, 2.05) is 0 Å². The highest BCUT2D eigenvalue weighted by Crippen LogP contribution is 2.37. The van der Waals surface area contributed by atoms with Crippen molar-refractivity contribution in [3.05, 3.63) is 40.2 Å². The minimum Gasteiger partial charge on any atom is -0.505 e. The van der Waals surface area contributed by atoms with Crippen molar-refractivity contribution in [2.45, 2.75) is 13.5 Å². The molecular formula is C16H17ClN2O4. The summed E-state index contributed by atoms with van der Waals surface area (Å²) in [6, 6.07) is 3.22. The third-order valence-electron chi connectivity index (χ3n) is 3.31. The molecule has 0 aliphatic heterocycles. The fourth-order valence-electron chi connectivity index (χ4n) is 2.00. The summed E-state index contributed by atoms with van der Waals surface area (Å²) in [4.78, 5) is 8.32. The molecule has 0 fully saturated rings. The van der Waals surface area contributed by atoms with Gasteiger partial charge in [-0.2, -0.15) is 0 Å². The van der Waals surface area contributed by atoms with Crippen molar-refractivity contribution in [3.8, 4) is 17.2 Å². The lowest BCUT2D eigenvalue weighted by Gasteiger charge is -2.10. The Morgan fingerprint density at radius 1 is 1.26 bits per heavy atom. The van der Waals surface area contributed by atoms with Crippen molar-refractivity contribution < 1.29 is 19.7 Å². The van der Waals surface area contributed by atoms with Crippen LogP contribution in [-0.2, 0) is 6.61 Å². The van der Waals surface area contributed by atoms with Gasteiger partial charge in [-0.1, -0.05) is 11.6 Å². The second kappa shape index (κ2) is 7.30. The van der Waals surface area contributed by atoms with E-state index in [9.17, 15) is 10.2 Å². The minimum absolute atomic E-state index is 0.0276. The van der Waals surface area contributed by atoms with Gasteiger partial charge in [-0.05, 0) is 6.92 Å². The van der Waals surface area contributed by atoms with Crippen molar-refractivity contribution in [2.75, 3.05) is 14.2 Å². The molecule has 6 nitrogen and oxygen atoms in total. The van der Waals surface area contributed by atoms with Crippen LogP contribution in [0.25, 0.3) is 0 Å². The first-order valence-electron chi connectivity index (χ1n) is 6.75. The molecule has 2 aromatic rings. The van der Waals surface area contributed by atoms with Gasteiger partial charge in [0.25, 0.3) is 0 Å². The zero-order valence-electron chi connectivity index (χ0n) is 13.0. The number of hydrogen-bond acceptors (Lipinski definition) is 6. The number of benzene rings is 1. The molecule has 1 heterocycles. The smallest absolute Gasteiger partial charge is 0.146 e. The summed E-state index contributed by atoms with van der Waals surface area (Å²) in [6.45, 7) is 1.41. The molecular weight excluding hydrogens is 320 g/mol. The van der Waals surface area contributed by atoms with E-state index in [1.54, 1.807) is 19.1 Å². The van der Waals surface area contributed by atoms with Crippen molar-refractivity contribution in [1.29, 1.82) is 0 Å². The lowest BCUT2D eigenvalue weighted by atomic mass is 10.1. The number of rotatable bonds is 5. The fourth-order valence-corrected chi connectivity index (χ4v) is 2.23. The van der Waals surface area contributed by atoms with Gasteiger partial charge in [0.05, 0.1) is 31.5 Å². The quantitative estimate of drug-likeness (QED) is 0.820. The Morgan fingerprint density at radius 2 is 1.96 bits per heavy atom. The average molecular weight is 337 g/mol. The van der Waals surface area contributed by atoms with Crippen molar-refractivity contribution >= 4 is 23.5 Å². The van der Waals surface area contributed by atoms with Gasteiger partial charge < -0.3 is 19.7 Å². The maximum absolute atomic E-state index is 10.1. The molecule has 0 aliphatic carbocycles. The molecule has 2 N–H and O–H groups in total. The number of aryl methyl sites for hydroxylation is 1. The number of nitrogens with zero attached hydrogens (tertiary/aromatic N) is 2. The highest BCUT2D eigenvalue weighted by molar-refractivity contribution is 6.32. The zero-order valence-corrected chi connectivity index (χ0v) is 13.8. The van der Waals surface area contributed by atoms with Gasteiger partial charge in [-0.25, -0.2) is 0 Å². The number of pyridine rings is 1. The van der Waals surface area contributed by atoms with E-state index in [4.69, 9.17) is 21.1 Å². The van der Waals surface area contributed by atoms with Crippen molar-refractivity contribution in [3.63, 3.8) is 0 Å². The van der Waals surface area contributed by atoms with Crippen LogP contribution in [-0.4, -0.2) is 35.6 Å². The van der Waals surface area contributed by atoms with Crippen LogP contribution >= 0.6 is 11.6 Å². The third-order valence-corrected chi connectivity index (χ3v) is 3.61. The molecule has 2 rings (SSSR count). The summed E-state index contributed by atoms with van der Waals surface area (Å²) < 4.78 is 10.4. The topological polar surface area (TPSA) is 84.2 Å². The van der Waals surface area contributed by atoms with E-state index < -0.39 is 0 Å². The Labute approximate surface area is 139 Å². The highest BCUT2D eigenvalue weighted by atomic mass is 35.5. The lowest BCUT2D eigenvalue weighted by molar-refractivity contribution is 0.280. The van der Waals surface area contributed by atoms with Gasteiger partial charge in [-0.3, -0.25) is 9.98 Å². The van der Waals surface area contributed by atoms with Crippen molar-refractivity contribution in [1.82, 2.24) is 4.98 Å². The van der Waals surface area contributed by atoms with E-state index in [2.05, 4.69) is 9.98 Å². The van der Waals surface area contributed by atoms with E-state index in [0.717, 1.165) is 0 Å². The number of halogens is 1. The van der Waals surface area contributed by atoms with Gasteiger partial charge in [-0.15, -0.1) is 0 Å². The SMILES string of the molecule is COc1cc(N=Cc2c(CO)cnc(C)c2O)c(OC)cc1Cl. The number of aromatic hydroxyl groups is 1. The molecule has 0 aliphatic rings. The van der Waals surface area contributed by atoms with Crippen LogP contribution in [0.1, 0.15) is 16.8 Å². The van der Waals surface area contributed by atoms with Crippen LogP contribution in [0.3, 0.4) is 0 Å². The molecule has 23 heavy (non-hydrogen) atoms. The molecule has 122 valence electrons. The first-order chi connectivity index (χ1) is 11.0. The minimum atomic E-state index is -0.261. The van der Waals surface area contributed by atoms with E-state index >= 15 is 0 Å². The van der Waals surface area contributed by atoms with Crippen LogP contribution in [0.5, 0.6) is 17.2 Å². The largest absolute Gasteiger partial charge is 0.505 e. The maximum Gasteiger partial charge on any atom is 0.146 e. The predicted molar refractivity (Wildman–Crippen MR) is 88.4 cm³/mol. The number of aliphatic imine (C=N–C) groups is 1.